The Balaban J connectivity index is 0.00000324. The monoisotopic (exact) mass is 306 g/mol. The first-order valence-electron chi connectivity index (χ1n) is 5.63. The van der Waals surface area contributed by atoms with Gasteiger partial charge in [-0.2, -0.15) is 0 Å². The Morgan fingerprint density at radius 2 is 1.95 bits per heavy atom. The Hall–Kier alpha value is -1.11. The van der Waals surface area contributed by atoms with Gasteiger partial charge in [0.05, 0.1) is 10.5 Å². The maximum atomic E-state index is 11.9. The molecule has 7 heteroatoms. The van der Waals surface area contributed by atoms with E-state index in [0.717, 1.165) is 6.26 Å². The van der Waals surface area contributed by atoms with E-state index in [2.05, 4.69) is 5.32 Å². The molecular weight excluding hydrogens is 288 g/mol. The van der Waals surface area contributed by atoms with Gasteiger partial charge in [0.25, 0.3) is 5.91 Å². The van der Waals surface area contributed by atoms with Crippen LogP contribution in [0.2, 0.25) is 0 Å². The maximum Gasteiger partial charge on any atom is 0.252 e. The smallest absolute Gasteiger partial charge is 0.252 e. The van der Waals surface area contributed by atoms with Crippen LogP contribution in [0.5, 0.6) is 0 Å². The molecule has 1 unspecified atom stereocenters. The normalized spacial score (nSPS) is 12.4. The van der Waals surface area contributed by atoms with Gasteiger partial charge in [-0.1, -0.05) is 19.1 Å². The summed E-state index contributed by atoms with van der Waals surface area (Å²) in [6.45, 7) is 2.80. The van der Waals surface area contributed by atoms with Crippen molar-refractivity contribution in [2.24, 2.45) is 11.7 Å². The Morgan fingerprint density at radius 1 is 1.37 bits per heavy atom. The molecule has 0 bridgehead atoms. The summed E-state index contributed by atoms with van der Waals surface area (Å²) in [5.41, 5.74) is 5.62. The van der Waals surface area contributed by atoms with Crippen LogP contribution < -0.4 is 11.1 Å². The fourth-order valence-electron chi connectivity index (χ4n) is 1.42. The fourth-order valence-corrected chi connectivity index (χ4v) is 2.31. The van der Waals surface area contributed by atoms with Crippen molar-refractivity contribution in [3.63, 3.8) is 0 Å². The van der Waals surface area contributed by atoms with E-state index in [0.29, 0.717) is 13.1 Å². The van der Waals surface area contributed by atoms with E-state index < -0.39 is 15.7 Å². The number of sulfone groups is 1. The summed E-state index contributed by atoms with van der Waals surface area (Å²) in [5, 5.41) is 2.68. The van der Waals surface area contributed by atoms with Crippen molar-refractivity contribution >= 4 is 28.2 Å². The van der Waals surface area contributed by atoms with E-state index in [-0.39, 0.29) is 28.8 Å². The van der Waals surface area contributed by atoms with Crippen LogP contribution in [0.4, 0.5) is 0 Å². The lowest BCUT2D eigenvalue weighted by Gasteiger charge is -2.11. The molecule has 3 N–H and O–H groups in total. The molecule has 5 nitrogen and oxygen atoms in total. The molecule has 0 saturated carbocycles. The number of halogens is 1. The predicted molar refractivity (Wildman–Crippen MR) is 77.4 cm³/mol. The number of carbonyl (C=O) groups is 1. The minimum atomic E-state index is -3.41. The zero-order valence-electron chi connectivity index (χ0n) is 10.9. The van der Waals surface area contributed by atoms with Gasteiger partial charge >= 0.3 is 0 Å². The summed E-state index contributed by atoms with van der Waals surface area (Å²) in [4.78, 5) is 12.0. The molecule has 0 fully saturated rings. The van der Waals surface area contributed by atoms with Gasteiger partial charge < -0.3 is 11.1 Å². The van der Waals surface area contributed by atoms with Crippen molar-refractivity contribution in [1.29, 1.82) is 0 Å². The van der Waals surface area contributed by atoms with Crippen LogP contribution in [-0.2, 0) is 9.84 Å². The molecule has 108 valence electrons. The SMILES string of the molecule is CC(CN)CNC(=O)c1ccccc1S(C)(=O)=O.Cl. The average Bonchev–Trinajstić information content (AvgIpc) is 2.34. The summed E-state index contributed by atoms with van der Waals surface area (Å²) in [7, 11) is -3.41. The highest BCUT2D eigenvalue weighted by molar-refractivity contribution is 7.90. The van der Waals surface area contributed by atoms with Crippen molar-refractivity contribution in [2.75, 3.05) is 19.3 Å². The lowest BCUT2D eigenvalue weighted by atomic mass is 10.1. The summed E-state index contributed by atoms with van der Waals surface area (Å²) in [5.74, 6) is -0.240. The fraction of sp³-hybridized carbons (Fsp3) is 0.417. The van der Waals surface area contributed by atoms with Crippen molar-refractivity contribution in [2.45, 2.75) is 11.8 Å². The number of carbonyl (C=O) groups excluding carboxylic acids is 1. The molecule has 0 aliphatic heterocycles. The molecule has 0 aliphatic carbocycles. The van der Waals surface area contributed by atoms with Gasteiger partial charge in [-0.15, -0.1) is 12.4 Å². The number of nitrogens with two attached hydrogens (primary N) is 1. The second kappa shape index (κ2) is 7.47. The van der Waals surface area contributed by atoms with Gasteiger partial charge in [0.1, 0.15) is 0 Å². The molecule has 1 amide bonds. The van der Waals surface area contributed by atoms with Gasteiger partial charge in [0, 0.05) is 12.8 Å². The first-order valence-corrected chi connectivity index (χ1v) is 7.52. The molecule has 0 heterocycles. The van der Waals surface area contributed by atoms with Gasteiger partial charge in [-0.05, 0) is 24.6 Å². The van der Waals surface area contributed by atoms with Crippen LogP contribution in [0.15, 0.2) is 29.2 Å². The van der Waals surface area contributed by atoms with Gasteiger partial charge in [-0.3, -0.25) is 4.79 Å². The molecule has 1 atom stereocenters. The molecule has 0 spiro atoms. The highest BCUT2D eigenvalue weighted by Gasteiger charge is 2.17. The molecule has 1 aromatic carbocycles. The maximum absolute atomic E-state index is 11.9. The van der Waals surface area contributed by atoms with Crippen LogP contribution >= 0.6 is 12.4 Å². The summed E-state index contributed by atoms with van der Waals surface area (Å²) in [6, 6.07) is 6.15. The topological polar surface area (TPSA) is 89.3 Å². The van der Waals surface area contributed by atoms with E-state index in [1.807, 2.05) is 6.92 Å². The first-order chi connectivity index (χ1) is 8.36. The third-order valence-corrected chi connectivity index (χ3v) is 3.70. The van der Waals surface area contributed by atoms with Crippen LogP contribution in [0.3, 0.4) is 0 Å². The summed E-state index contributed by atoms with van der Waals surface area (Å²) < 4.78 is 23.1. The quantitative estimate of drug-likeness (QED) is 0.843. The zero-order valence-corrected chi connectivity index (χ0v) is 12.6. The number of amides is 1. The van der Waals surface area contributed by atoms with Crippen LogP contribution in [0, 0.1) is 5.92 Å². The minimum Gasteiger partial charge on any atom is -0.352 e. The molecule has 1 aromatic rings. The van der Waals surface area contributed by atoms with Crippen LogP contribution in [-0.4, -0.2) is 33.7 Å². The summed E-state index contributed by atoms with van der Waals surface area (Å²) >= 11 is 0. The Bertz CT molecular complexity index is 532. The van der Waals surface area contributed by atoms with Crippen molar-refractivity contribution in [3.8, 4) is 0 Å². The van der Waals surface area contributed by atoms with Gasteiger partial charge in [-0.25, -0.2) is 8.42 Å². The first kappa shape index (κ1) is 17.9. The second-order valence-electron chi connectivity index (χ2n) is 4.32. The Kier molecular flexibility index (Phi) is 7.04. The van der Waals surface area contributed by atoms with Crippen molar-refractivity contribution in [1.82, 2.24) is 5.32 Å². The largest absolute Gasteiger partial charge is 0.352 e. The number of rotatable bonds is 5. The molecule has 1 rings (SSSR count). The van der Waals surface area contributed by atoms with E-state index in [1.54, 1.807) is 12.1 Å². The molecular formula is C12H19ClN2O3S. The number of hydrogen-bond donors (Lipinski definition) is 2. The van der Waals surface area contributed by atoms with Crippen molar-refractivity contribution < 1.29 is 13.2 Å². The third-order valence-electron chi connectivity index (χ3n) is 2.54. The van der Waals surface area contributed by atoms with E-state index in [9.17, 15) is 13.2 Å². The third kappa shape index (κ3) is 5.18. The number of nitrogens with one attached hydrogen (secondary N) is 1. The van der Waals surface area contributed by atoms with Crippen molar-refractivity contribution in [3.05, 3.63) is 29.8 Å². The number of hydrogen-bond acceptors (Lipinski definition) is 4. The van der Waals surface area contributed by atoms with Gasteiger partial charge in [0.2, 0.25) is 0 Å². The molecule has 19 heavy (non-hydrogen) atoms. The Morgan fingerprint density at radius 3 is 2.47 bits per heavy atom. The lowest BCUT2D eigenvalue weighted by Crippen LogP contribution is -2.32. The van der Waals surface area contributed by atoms with E-state index in [1.165, 1.54) is 12.1 Å². The highest BCUT2D eigenvalue weighted by atomic mass is 35.5. The van der Waals surface area contributed by atoms with Gasteiger partial charge in [0.15, 0.2) is 9.84 Å². The molecule has 0 aromatic heterocycles. The highest BCUT2D eigenvalue weighted by Crippen LogP contribution is 2.15. The summed E-state index contributed by atoms with van der Waals surface area (Å²) in [6.07, 6.45) is 1.08. The second-order valence-corrected chi connectivity index (χ2v) is 6.30. The Labute approximate surface area is 119 Å². The van der Waals surface area contributed by atoms with Crippen LogP contribution in [0.1, 0.15) is 17.3 Å². The molecule has 0 aliphatic rings. The number of benzene rings is 1. The molecule has 0 radical (unpaired) electrons. The lowest BCUT2D eigenvalue weighted by molar-refractivity contribution is 0.0945. The minimum absolute atomic E-state index is 0. The molecule has 0 saturated heterocycles. The predicted octanol–water partition coefficient (Wildman–Crippen LogP) is 0.836. The zero-order chi connectivity index (χ0) is 13.8. The average molecular weight is 307 g/mol. The van der Waals surface area contributed by atoms with E-state index in [4.69, 9.17) is 5.73 Å². The standard InChI is InChI=1S/C12H18N2O3S.ClH/c1-9(7-13)8-14-12(15)10-5-3-4-6-11(10)18(2,16)17;/h3-6,9H,7-8,13H2,1-2H3,(H,14,15);1H. The van der Waals surface area contributed by atoms with E-state index >= 15 is 0 Å². The van der Waals surface area contributed by atoms with Crippen LogP contribution in [0.25, 0.3) is 0 Å².